The summed E-state index contributed by atoms with van der Waals surface area (Å²) in [5, 5.41) is 8.27. The Kier molecular flexibility index (Phi) is 5.62. The van der Waals surface area contributed by atoms with Gasteiger partial charge in [0.2, 0.25) is 14.9 Å². The Balaban J connectivity index is 1.60. The molecule has 1 aliphatic heterocycles. The first kappa shape index (κ1) is 22.5. The number of anilines is 1. The molecule has 2 aromatic carbocycles. The predicted octanol–water partition coefficient (Wildman–Crippen LogP) is 1.10. The molecule has 1 fully saturated rings. The number of sulfone groups is 1. The van der Waals surface area contributed by atoms with Crippen LogP contribution < -0.4 is 16.2 Å². The van der Waals surface area contributed by atoms with Gasteiger partial charge in [0.25, 0.3) is 5.56 Å². The van der Waals surface area contributed by atoms with Gasteiger partial charge in [0, 0.05) is 45.0 Å². The van der Waals surface area contributed by atoms with Gasteiger partial charge in [-0.25, -0.2) is 8.42 Å². The molecule has 0 aliphatic carbocycles. The highest BCUT2D eigenvalue weighted by Gasteiger charge is 2.28. The van der Waals surface area contributed by atoms with Crippen LogP contribution in [0, 0.1) is 13.8 Å². The zero-order valence-corrected chi connectivity index (χ0v) is 20.0. The van der Waals surface area contributed by atoms with Gasteiger partial charge in [0.1, 0.15) is 0 Å². The van der Waals surface area contributed by atoms with Gasteiger partial charge in [-0.15, -0.1) is 5.10 Å². The van der Waals surface area contributed by atoms with Crippen LogP contribution in [0.3, 0.4) is 0 Å². The number of hydrogen-bond donors (Lipinski definition) is 2. The van der Waals surface area contributed by atoms with Crippen LogP contribution in [0.25, 0.3) is 16.6 Å². The molecule has 11 heteroatoms. The van der Waals surface area contributed by atoms with Crippen LogP contribution in [-0.2, 0) is 9.84 Å². The van der Waals surface area contributed by atoms with Gasteiger partial charge in [-0.3, -0.25) is 9.69 Å². The second-order valence-corrected chi connectivity index (χ2v) is 10.5. The van der Waals surface area contributed by atoms with E-state index in [1.54, 1.807) is 31.2 Å². The Hall–Kier alpha value is -3.28. The van der Waals surface area contributed by atoms with Crippen molar-refractivity contribution in [1.82, 2.24) is 24.7 Å². The first-order chi connectivity index (χ1) is 16.3. The summed E-state index contributed by atoms with van der Waals surface area (Å²) >= 11 is 0. The van der Waals surface area contributed by atoms with Gasteiger partial charge >= 0.3 is 0 Å². The van der Waals surface area contributed by atoms with Crippen LogP contribution in [0.15, 0.2) is 51.1 Å². The van der Waals surface area contributed by atoms with Gasteiger partial charge < -0.3 is 15.6 Å². The van der Waals surface area contributed by atoms with E-state index in [-0.39, 0.29) is 21.1 Å². The molecule has 0 saturated carbocycles. The molecule has 3 N–H and O–H groups in total. The molecular weight excluding hydrogens is 454 g/mol. The SMILES string of the molecule is Cc1ccc(S(=O)(=O)c2nnn3c2[nH]c(=O)c2ccc(N4CCN(CCN)CC4)cc23)c(C)c1. The molecule has 0 spiro atoms. The molecule has 0 amide bonds. The van der Waals surface area contributed by atoms with Gasteiger partial charge in [-0.2, -0.15) is 4.52 Å². The number of hydrogen-bond acceptors (Lipinski definition) is 8. The number of rotatable bonds is 5. The van der Waals surface area contributed by atoms with E-state index in [2.05, 4.69) is 25.1 Å². The molecule has 0 atom stereocenters. The smallest absolute Gasteiger partial charge is 0.259 e. The molecule has 0 unspecified atom stereocenters. The third-order valence-corrected chi connectivity index (χ3v) is 8.20. The summed E-state index contributed by atoms with van der Waals surface area (Å²) in [5.41, 5.74) is 8.37. The molecule has 0 bridgehead atoms. The minimum atomic E-state index is -3.99. The molecule has 3 heterocycles. The largest absolute Gasteiger partial charge is 0.369 e. The van der Waals surface area contributed by atoms with Crippen LogP contribution in [0.1, 0.15) is 11.1 Å². The van der Waals surface area contributed by atoms with Crippen LogP contribution in [0.4, 0.5) is 5.69 Å². The van der Waals surface area contributed by atoms with Crippen molar-refractivity contribution in [2.45, 2.75) is 23.8 Å². The number of aryl methyl sites for hydroxylation is 2. The number of nitrogens with zero attached hydrogens (tertiary/aromatic N) is 5. The molecule has 0 radical (unpaired) electrons. The summed E-state index contributed by atoms with van der Waals surface area (Å²) in [6.45, 7) is 8.63. The Morgan fingerprint density at radius 1 is 1.06 bits per heavy atom. The van der Waals surface area contributed by atoms with Crippen molar-refractivity contribution in [1.29, 1.82) is 0 Å². The number of nitrogens with one attached hydrogen (secondary N) is 1. The summed E-state index contributed by atoms with van der Waals surface area (Å²) in [6.07, 6.45) is 0. The molecule has 178 valence electrons. The van der Waals surface area contributed by atoms with Crippen LogP contribution in [-0.4, -0.2) is 72.4 Å². The third kappa shape index (κ3) is 3.75. The van der Waals surface area contributed by atoms with E-state index >= 15 is 0 Å². The highest BCUT2D eigenvalue weighted by atomic mass is 32.2. The summed E-state index contributed by atoms with van der Waals surface area (Å²) in [7, 11) is -3.99. The van der Waals surface area contributed by atoms with E-state index in [1.165, 1.54) is 4.52 Å². The molecule has 5 rings (SSSR count). The Morgan fingerprint density at radius 2 is 1.82 bits per heavy atom. The van der Waals surface area contributed by atoms with Crippen LogP contribution >= 0.6 is 0 Å². The number of piperazine rings is 1. The number of aromatic nitrogens is 4. The third-order valence-electron chi connectivity index (χ3n) is 6.38. The fourth-order valence-electron chi connectivity index (χ4n) is 4.60. The Labute approximate surface area is 196 Å². The zero-order valence-electron chi connectivity index (χ0n) is 19.2. The van der Waals surface area contributed by atoms with E-state index < -0.39 is 9.84 Å². The first-order valence-electron chi connectivity index (χ1n) is 11.2. The summed E-state index contributed by atoms with van der Waals surface area (Å²) in [4.78, 5) is 20.3. The quantitative estimate of drug-likeness (QED) is 0.434. The molecule has 4 aromatic rings. The van der Waals surface area contributed by atoms with Crippen molar-refractivity contribution in [2.75, 3.05) is 44.2 Å². The first-order valence-corrected chi connectivity index (χ1v) is 12.7. The van der Waals surface area contributed by atoms with Crippen LogP contribution in [0.2, 0.25) is 0 Å². The van der Waals surface area contributed by atoms with E-state index in [0.717, 1.165) is 44.0 Å². The molecule has 10 nitrogen and oxygen atoms in total. The van der Waals surface area contributed by atoms with Crippen LogP contribution in [0.5, 0.6) is 0 Å². The molecular formula is C23H27N7O3S. The maximum absolute atomic E-state index is 13.4. The fraction of sp³-hybridized carbons (Fsp3) is 0.348. The monoisotopic (exact) mass is 481 g/mol. The highest BCUT2D eigenvalue weighted by Crippen LogP contribution is 2.27. The number of nitrogens with two attached hydrogens (primary N) is 1. The van der Waals surface area contributed by atoms with Gasteiger partial charge in [-0.05, 0) is 43.7 Å². The van der Waals surface area contributed by atoms with Gasteiger partial charge in [0.05, 0.1) is 15.8 Å². The van der Waals surface area contributed by atoms with Crippen molar-refractivity contribution < 1.29 is 8.42 Å². The van der Waals surface area contributed by atoms with E-state index in [0.29, 0.717) is 23.0 Å². The Morgan fingerprint density at radius 3 is 2.53 bits per heavy atom. The number of aromatic amines is 1. The molecule has 1 saturated heterocycles. The van der Waals surface area contributed by atoms with Crippen molar-refractivity contribution >= 4 is 32.1 Å². The lowest BCUT2D eigenvalue weighted by molar-refractivity contribution is 0.265. The van der Waals surface area contributed by atoms with E-state index in [9.17, 15) is 13.2 Å². The standard InChI is InChI=1S/C23H27N7O3S/c1-15-3-6-20(16(2)13-15)34(32,33)23-21-25-22(31)18-5-4-17(14-19(18)30(21)27-26-23)29-11-9-28(8-7-24)10-12-29/h3-6,13-14H,7-12,24H2,1-2H3,(H,25,31). The van der Waals surface area contributed by atoms with Crippen molar-refractivity contribution in [3.63, 3.8) is 0 Å². The summed E-state index contributed by atoms with van der Waals surface area (Å²) in [6, 6.07) is 10.6. The fourth-order valence-corrected chi connectivity index (χ4v) is 6.07. The lowest BCUT2D eigenvalue weighted by Gasteiger charge is -2.36. The maximum atomic E-state index is 13.4. The van der Waals surface area contributed by atoms with Crippen molar-refractivity contribution in [2.24, 2.45) is 5.73 Å². The number of H-pyrrole nitrogens is 1. The molecule has 34 heavy (non-hydrogen) atoms. The lowest BCUT2D eigenvalue weighted by Crippen LogP contribution is -2.47. The number of benzene rings is 2. The highest BCUT2D eigenvalue weighted by molar-refractivity contribution is 7.91. The average molecular weight is 482 g/mol. The predicted molar refractivity (Wildman–Crippen MR) is 130 cm³/mol. The molecule has 1 aliphatic rings. The Bertz CT molecular complexity index is 1550. The minimum Gasteiger partial charge on any atom is -0.369 e. The zero-order chi connectivity index (χ0) is 24.0. The van der Waals surface area contributed by atoms with Gasteiger partial charge in [0.15, 0.2) is 5.65 Å². The normalized spacial score (nSPS) is 15.4. The van der Waals surface area contributed by atoms with E-state index in [1.807, 2.05) is 19.1 Å². The summed E-state index contributed by atoms with van der Waals surface area (Å²) in [5.74, 6) is 0. The number of fused-ring (bicyclic) bond motifs is 3. The second kappa shape index (κ2) is 8.49. The van der Waals surface area contributed by atoms with Crippen molar-refractivity contribution in [3.05, 3.63) is 57.9 Å². The van der Waals surface area contributed by atoms with Crippen molar-refractivity contribution in [3.8, 4) is 0 Å². The van der Waals surface area contributed by atoms with Gasteiger partial charge in [-0.1, -0.05) is 22.9 Å². The summed E-state index contributed by atoms with van der Waals surface area (Å²) < 4.78 is 28.3. The second-order valence-electron chi connectivity index (χ2n) is 8.70. The topological polar surface area (TPSA) is 130 Å². The molecule has 2 aromatic heterocycles. The average Bonchev–Trinajstić information content (AvgIpc) is 3.24. The maximum Gasteiger partial charge on any atom is 0.259 e. The lowest BCUT2D eigenvalue weighted by atomic mass is 10.2. The van der Waals surface area contributed by atoms with E-state index in [4.69, 9.17) is 5.73 Å². The minimum absolute atomic E-state index is 0.0578.